The second-order valence-electron chi connectivity index (χ2n) is 6.77. The number of hydrogen-bond donors (Lipinski definition) is 0. The zero-order valence-corrected chi connectivity index (χ0v) is 13.9. The summed E-state index contributed by atoms with van der Waals surface area (Å²) in [5, 5.41) is 0. The van der Waals surface area contributed by atoms with Crippen LogP contribution in [-0.2, 0) is 0 Å². The topological polar surface area (TPSA) is 9.23 Å². The van der Waals surface area contributed by atoms with Gasteiger partial charge in [0.15, 0.2) is 0 Å². The second-order valence-corrected chi connectivity index (χ2v) is 6.77. The van der Waals surface area contributed by atoms with Crippen LogP contribution in [0.2, 0.25) is 0 Å². The Labute approximate surface area is 134 Å². The fourth-order valence-corrected chi connectivity index (χ4v) is 3.46. The quantitative estimate of drug-likeness (QED) is 0.703. The summed E-state index contributed by atoms with van der Waals surface area (Å²) in [6, 6.07) is 15.5. The van der Waals surface area contributed by atoms with E-state index in [0.717, 1.165) is 18.6 Å². The highest BCUT2D eigenvalue weighted by atomic mass is 16.5. The maximum Gasteiger partial charge on any atom is 0.122 e. The first-order valence-electron chi connectivity index (χ1n) is 8.42. The second kappa shape index (κ2) is 6.56. The van der Waals surface area contributed by atoms with Crippen LogP contribution < -0.4 is 4.74 Å². The first-order chi connectivity index (χ1) is 10.6. The van der Waals surface area contributed by atoms with Gasteiger partial charge in [-0.15, -0.1) is 0 Å². The molecule has 0 heterocycles. The summed E-state index contributed by atoms with van der Waals surface area (Å²) in [5.41, 5.74) is 5.39. The molecule has 0 saturated heterocycles. The van der Waals surface area contributed by atoms with Crippen LogP contribution in [0.1, 0.15) is 53.9 Å². The molecule has 0 bridgehead atoms. The van der Waals surface area contributed by atoms with E-state index in [1.54, 1.807) is 0 Å². The Morgan fingerprint density at radius 1 is 0.773 bits per heavy atom. The van der Waals surface area contributed by atoms with E-state index in [1.807, 2.05) is 0 Å². The number of ether oxygens (including phenoxy) is 1. The van der Waals surface area contributed by atoms with Crippen molar-refractivity contribution in [1.29, 1.82) is 0 Å². The monoisotopic (exact) mass is 294 g/mol. The predicted octanol–water partition coefficient (Wildman–Crippen LogP) is 5.72. The molecule has 1 aliphatic carbocycles. The Balaban J connectivity index is 1.58. The molecule has 1 aliphatic rings. The van der Waals surface area contributed by atoms with Gasteiger partial charge in [-0.1, -0.05) is 47.5 Å². The fourth-order valence-electron chi connectivity index (χ4n) is 3.46. The minimum Gasteiger partial charge on any atom is -0.490 e. The van der Waals surface area contributed by atoms with Crippen molar-refractivity contribution in [2.24, 2.45) is 0 Å². The van der Waals surface area contributed by atoms with Crippen LogP contribution in [0.25, 0.3) is 0 Å². The van der Waals surface area contributed by atoms with Crippen LogP contribution in [-0.4, -0.2) is 6.10 Å². The summed E-state index contributed by atoms with van der Waals surface area (Å²) in [4.78, 5) is 0. The maximum absolute atomic E-state index is 6.24. The Kier molecular flexibility index (Phi) is 4.52. The summed E-state index contributed by atoms with van der Waals surface area (Å²) < 4.78 is 6.24. The standard InChI is InChI=1S/C21H26O/c1-15-4-7-18(8-5-15)19-9-11-20(12-10-19)22-21-13-6-16(2)14-17(21)3/h4-8,13-14,19-20H,9-12H2,1-3H3. The van der Waals surface area contributed by atoms with Crippen LogP contribution in [0, 0.1) is 20.8 Å². The summed E-state index contributed by atoms with van der Waals surface area (Å²) in [5.74, 6) is 1.77. The first kappa shape index (κ1) is 15.1. The van der Waals surface area contributed by atoms with E-state index in [1.165, 1.54) is 35.1 Å². The summed E-state index contributed by atoms with van der Waals surface area (Å²) in [6.45, 7) is 6.42. The minimum atomic E-state index is 0.378. The van der Waals surface area contributed by atoms with Gasteiger partial charge >= 0.3 is 0 Å². The van der Waals surface area contributed by atoms with E-state index in [-0.39, 0.29) is 0 Å². The zero-order chi connectivity index (χ0) is 15.5. The van der Waals surface area contributed by atoms with Crippen molar-refractivity contribution in [1.82, 2.24) is 0 Å². The largest absolute Gasteiger partial charge is 0.490 e. The molecule has 0 spiro atoms. The number of hydrogen-bond acceptors (Lipinski definition) is 1. The average molecular weight is 294 g/mol. The Hall–Kier alpha value is -1.76. The molecule has 116 valence electrons. The molecule has 0 aliphatic heterocycles. The van der Waals surface area contributed by atoms with E-state index in [4.69, 9.17) is 4.74 Å². The number of aryl methyl sites for hydroxylation is 3. The van der Waals surface area contributed by atoms with Crippen molar-refractivity contribution in [3.05, 3.63) is 64.7 Å². The third-order valence-electron chi connectivity index (χ3n) is 4.85. The van der Waals surface area contributed by atoms with Crippen LogP contribution in [0.5, 0.6) is 5.75 Å². The van der Waals surface area contributed by atoms with Gasteiger partial charge in [-0.25, -0.2) is 0 Å². The van der Waals surface area contributed by atoms with E-state index in [0.29, 0.717) is 12.0 Å². The zero-order valence-electron chi connectivity index (χ0n) is 13.9. The molecule has 0 radical (unpaired) electrons. The lowest BCUT2D eigenvalue weighted by atomic mass is 9.82. The van der Waals surface area contributed by atoms with E-state index >= 15 is 0 Å². The molecule has 1 fully saturated rings. The van der Waals surface area contributed by atoms with Gasteiger partial charge in [0.1, 0.15) is 5.75 Å². The Bertz CT molecular complexity index is 619. The van der Waals surface area contributed by atoms with Gasteiger partial charge in [0, 0.05) is 0 Å². The van der Waals surface area contributed by atoms with Crippen molar-refractivity contribution >= 4 is 0 Å². The summed E-state index contributed by atoms with van der Waals surface area (Å²) in [6.07, 6.45) is 5.16. The molecule has 1 saturated carbocycles. The van der Waals surface area contributed by atoms with Gasteiger partial charge in [-0.05, 0) is 69.6 Å². The smallest absolute Gasteiger partial charge is 0.122 e. The van der Waals surface area contributed by atoms with Gasteiger partial charge in [-0.3, -0.25) is 0 Å². The van der Waals surface area contributed by atoms with Gasteiger partial charge in [0.25, 0.3) is 0 Å². The van der Waals surface area contributed by atoms with Crippen LogP contribution >= 0.6 is 0 Å². The molecule has 2 aromatic carbocycles. The molecule has 2 aromatic rings. The molecule has 1 nitrogen and oxygen atoms in total. The molecule has 0 aromatic heterocycles. The van der Waals surface area contributed by atoms with Crippen molar-refractivity contribution in [2.75, 3.05) is 0 Å². The molecule has 22 heavy (non-hydrogen) atoms. The molecule has 0 amide bonds. The van der Waals surface area contributed by atoms with Crippen molar-refractivity contribution in [3.8, 4) is 5.75 Å². The highest BCUT2D eigenvalue weighted by molar-refractivity contribution is 5.36. The number of rotatable bonds is 3. The van der Waals surface area contributed by atoms with Crippen LogP contribution in [0.4, 0.5) is 0 Å². The lowest BCUT2D eigenvalue weighted by molar-refractivity contribution is 0.145. The third-order valence-corrected chi connectivity index (χ3v) is 4.85. The van der Waals surface area contributed by atoms with Gasteiger partial charge in [-0.2, -0.15) is 0 Å². The fraction of sp³-hybridized carbons (Fsp3) is 0.429. The summed E-state index contributed by atoms with van der Waals surface area (Å²) in [7, 11) is 0. The van der Waals surface area contributed by atoms with Crippen LogP contribution in [0.3, 0.4) is 0 Å². The predicted molar refractivity (Wildman–Crippen MR) is 92.7 cm³/mol. The molecule has 1 heteroatoms. The molecule has 0 N–H and O–H groups in total. The third kappa shape index (κ3) is 3.52. The van der Waals surface area contributed by atoms with Crippen molar-refractivity contribution in [3.63, 3.8) is 0 Å². The molecule has 0 atom stereocenters. The number of benzene rings is 2. The van der Waals surface area contributed by atoms with Crippen molar-refractivity contribution in [2.45, 2.75) is 58.5 Å². The minimum absolute atomic E-state index is 0.378. The Morgan fingerprint density at radius 3 is 2.05 bits per heavy atom. The average Bonchev–Trinajstić information content (AvgIpc) is 2.52. The van der Waals surface area contributed by atoms with E-state index < -0.39 is 0 Å². The van der Waals surface area contributed by atoms with Gasteiger partial charge < -0.3 is 4.74 Å². The highest BCUT2D eigenvalue weighted by Gasteiger charge is 2.23. The normalized spacial score (nSPS) is 21.6. The van der Waals surface area contributed by atoms with E-state index in [9.17, 15) is 0 Å². The van der Waals surface area contributed by atoms with E-state index in [2.05, 4.69) is 63.2 Å². The van der Waals surface area contributed by atoms with Crippen LogP contribution in [0.15, 0.2) is 42.5 Å². The molecule has 0 unspecified atom stereocenters. The highest BCUT2D eigenvalue weighted by Crippen LogP contribution is 2.35. The Morgan fingerprint density at radius 2 is 1.41 bits per heavy atom. The lowest BCUT2D eigenvalue weighted by Gasteiger charge is -2.29. The van der Waals surface area contributed by atoms with Gasteiger partial charge in [0.2, 0.25) is 0 Å². The van der Waals surface area contributed by atoms with Crippen molar-refractivity contribution < 1.29 is 4.74 Å². The SMILES string of the molecule is Cc1ccc(C2CCC(Oc3ccc(C)cc3C)CC2)cc1. The molecule has 3 rings (SSSR count). The summed E-state index contributed by atoms with van der Waals surface area (Å²) >= 11 is 0. The molecular formula is C21H26O. The molecular weight excluding hydrogens is 268 g/mol. The lowest BCUT2D eigenvalue weighted by Crippen LogP contribution is -2.23. The van der Waals surface area contributed by atoms with Gasteiger partial charge in [0.05, 0.1) is 6.10 Å². The maximum atomic E-state index is 6.24. The first-order valence-corrected chi connectivity index (χ1v) is 8.42.